The van der Waals surface area contributed by atoms with E-state index < -0.39 is 33.3 Å². The highest BCUT2D eigenvalue weighted by atomic mass is 127. The molecule has 0 fully saturated rings. The number of halogens is 4. The normalized spacial score (nSPS) is 11.7. The standard InChI is InChI=1S/C20H26F3IN4O3S/c1-3-8-25-9-10-28(11-12-31-2)32(29,30)27-18-7-5-15(21)19(23)20(18)26-17-6-4-14(24)13-16(17)22/h4-7,13,25-27H,3,8-12H2,1-2H3. The fourth-order valence-electron chi connectivity index (χ4n) is 2.74. The summed E-state index contributed by atoms with van der Waals surface area (Å²) in [7, 11) is -2.71. The van der Waals surface area contributed by atoms with Gasteiger partial charge < -0.3 is 15.4 Å². The van der Waals surface area contributed by atoms with Crippen LogP contribution in [0.4, 0.5) is 30.2 Å². The maximum absolute atomic E-state index is 14.6. The molecule has 0 atom stereocenters. The largest absolute Gasteiger partial charge is 0.383 e. The van der Waals surface area contributed by atoms with E-state index in [-0.39, 0.29) is 31.1 Å². The maximum Gasteiger partial charge on any atom is 0.301 e. The van der Waals surface area contributed by atoms with E-state index in [0.29, 0.717) is 10.1 Å². The number of hydrogen-bond acceptors (Lipinski definition) is 5. The Morgan fingerprint density at radius 1 is 1.03 bits per heavy atom. The molecule has 0 unspecified atom stereocenters. The van der Waals surface area contributed by atoms with Crippen molar-refractivity contribution in [2.24, 2.45) is 0 Å². The lowest BCUT2D eigenvalue weighted by molar-refractivity contribution is 0.179. The average molecular weight is 586 g/mol. The molecule has 0 spiro atoms. The average Bonchev–Trinajstić information content (AvgIpc) is 2.74. The van der Waals surface area contributed by atoms with Crippen LogP contribution < -0.4 is 15.4 Å². The molecule has 0 amide bonds. The summed E-state index contributed by atoms with van der Waals surface area (Å²) >= 11 is 1.91. The summed E-state index contributed by atoms with van der Waals surface area (Å²) in [6, 6.07) is 6.00. The van der Waals surface area contributed by atoms with Crippen LogP contribution in [-0.2, 0) is 14.9 Å². The summed E-state index contributed by atoms with van der Waals surface area (Å²) in [5.74, 6) is -3.24. The number of nitrogens with one attached hydrogen (secondary N) is 3. The van der Waals surface area contributed by atoms with Crippen molar-refractivity contribution in [1.82, 2.24) is 9.62 Å². The van der Waals surface area contributed by atoms with Crippen LogP contribution >= 0.6 is 22.6 Å². The Kier molecular flexibility index (Phi) is 10.5. The van der Waals surface area contributed by atoms with Crippen molar-refractivity contribution in [2.45, 2.75) is 13.3 Å². The molecular weight excluding hydrogens is 560 g/mol. The molecule has 0 aliphatic carbocycles. The van der Waals surface area contributed by atoms with E-state index in [1.54, 1.807) is 6.07 Å². The number of benzene rings is 2. The number of hydrogen-bond donors (Lipinski definition) is 3. The first-order valence-electron chi connectivity index (χ1n) is 9.87. The van der Waals surface area contributed by atoms with Crippen LogP contribution in [0.2, 0.25) is 0 Å². The number of nitrogens with zero attached hydrogens (tertiary/aromatic N) is 1. The van der Waals surface area contributed by atoms with E-state index in [4.69, 9.17) is 4.74 Å². The lowest BCUT2D eigenvalue weighted by atomic mass is 10.2. The molecule has 178 valence electrons. The van der Waals surface area contributed by atoms with Crippen molar-refractivity contribution >= 4 is 49.9 Å². The molecular formula is C20H26F3IN4O3S. The molecule has 0 aromatic heterocycles. The van der Waals surface area contributed by atoms with Crippen molar-refractivity contribution in [3.63, 3.8) is 0 Å². The summed E-state index contributed by atoms with van der Waals surface area (Å²) in [5, 5.41) is 5.58. The monoisotopic (exact) mass is 586 g/mol. The molecule has 7 nitrogen and oxygen atoms in total. The second-order valence-electron chi connectivity index (χ2n) is 6.78. The highest BCUT2D eigenvalue weighted by molar-refractivity contribution is 14.1. The molecule has 3 N–H and O–H groups in total. The second kappa shape index (κ2) is 12.6. The zero-order valence-electron chi connectivity index (χ0n) is 17.7. The van der Waals surface area contributed by atoms with Gasteiger partial charge in [0.25, 0.3) is 0 Å². The molecule has 0 saturated heterocycles. The zero-order chi connectivity index (χ0) is 23.7. The molecule has 0 aliphatic rings. The quantitative estimate of drug-likeness (QED) is 0.244. The molecule has 32 heavy (non-hydrogen) atoms. The van der Waals surface area contributed by atoms with Crippen LogP contribution in [0.5, 0.6) is 0 Å². The first-order chi connectivity index (χ1) is 15.2. The fraction of sp³-hybridized carbons (Fsp3) is 0.400. The number of ether oxygens (including phenoxy) is 1. The van der Waals surface area contributed by atoms with E-state index in [9.17, 15) is 21.6 Å². The van der Waals surface area contributed by atoms with Gasteiger partial charge in [-0.15, -0.1) is 0 Å². The Labute approximate surface area is 200 Å². The van der Waals surface area contributed by atoms with E-state index in [1.807, 2.05) is 29.5 Å². The highest BCUT2D eigenvalue weighted by Gasteiger charge is 2.25. The Balaban J connectivity index is 2.33. The Bertz CT molecular complexity index is 1010. The van der Waals surface area contributed by atoms with Gasteiger partial charge in [-0.3, -0.25) is 4.72 Å². The summed E-state index contributed by atoms with van der Waals surface area (Å²) in [4.78, 5) is 0. The SMILES string of the molecule is CCCNCCN(CCOC)S(=O)(=O)Nc1ccc(F)c(F)c1Nc1ccc(I)cc1F. The molecule has 0 bridgehead atoms. The fourth-order valence-corrected chi connectivity index (χ4v) is 4.41. The number of anilines is 3. The predicted molar refractivity (Wildman–Crippen MR) is 128 cm³/mol. The lowest BCUT2D eigenvalue weighted by Gasteiger charge is -2.24. The third-order valence-electron chi connectivity index (χ3n) is 4.37. The smallest absolute Gasteiger partial charge is 0.301 e. The minimum atomic E-state index is -4.16. The number of rotatable bonds is 13. The van der Waals surface area contributed by atoms with Crippen LogP contribution in [0.15, 0.2) is 30.3 Å². The highest BCUT2D eigenvalue weighted by Crippen LogP contribution is 2.32. The van der Waals surface area contributed by atoms with Crippen molar-refractivity contribution in [1.29, 1.82) is 0 Å². The zero-order valence-corrected chi connectivity index (χ0v) is 20.7. The topological polar surface area (TPSA) is 82.7 Å². The molecule has 0 saturated carbocycles. The molecule has 0 heterocycles. The summed E-state index contributed by atoms with van der Waals surface area (Å²) < 4.78 is 77.7. The van der Waals surface area contributed by atoms with Crippen molar-refractivity contribution < 1.29 is 26.3 Å². The summed E-state index contributed by atoms with van der Waals surface area (Å²) in [6.07, 6.45) is 0.891. The Hall–Kier alpha value is -1.61. The van der Waals surface area contributed by atoms with Gasteiger partial charge in [0.1, 0.15) is 11.5 Å². The minimum absolute atomic E-state index is 0.0534. The van der Waals surface area contributed by atoms with Gasteiger partial charge in [-0.25, -0.2) is 13.2 Å². The summed E-state index contributed by atoms with van der Waals surface area (Å²) in [5.41, 5.74) is -0.911. The van der Waals surface area contributed by atoms with Crippen LogP contribution in [0, 0.1) is 21.0 Å². The molecule has 0 aliphatic heterocycles. The predicted octanol–water partition coefficient (Wildman–Crippen LogP) is 4.06. The first kappa shape index (κ1) is 26.6. The van der Waals surface area contributed by atoms with Crippen LogP contribution in [0.1, 0.15) is 13.3 Å². The van der Waals surface area contributed by atoms with Crippen LogP contribution in [0.25, 0.3) is 0 Å². The molecule has 2 aromatic carbocycles. The summed E-state index contributed by atoms with van der Waals surface area (Å²) in [6.45, 7) is 3.45. The van der Waals surface area contributed by atoms with Gasteiger partial charge in [-0.05, 0) is 65.9 Å². The number of methoxy groups -OCH3 is 1. The maximum atomic E-state index is 14.6. The van der Waals surface area contributed by atoms with Crippen molar-refractivity contribution in [2.75, 3.05) is 49.9 Å². The second-order valence-corrected chi connectivity index (χ2v) is 9.70. The van der Waals surface area contributed by atoms with Gasteiger partial charge in [0.05, 0.1) is 18.0 Å². The molecule has 12 heteroatoms. The minimum Gasteiger partial charge on any atom is -0.383 e. The van der Waals surface area contributed by atoms with Gasteiger partial charge in [0.2, 0.25) is 0 Å². The lowest BCUT2D eigenvalue weighted by Crippen LogP contribution is -2.42. The van der Waals surface area contributed by atoms with Crippen molar-refractivity contribution in [3.05, 3.63) is 51.4 Å². The third kappa shape index (κ3) is 7.47. The van der Waals surface area contributed by atoms with Gasteiger partial charge in [-0.1, -0.05) is 6.92 Å². The Morgan fingerprint density at radius 3 is 2.41 bits per heavy atom. The Morgan fingerprint density at radius 2 is 1.75 bits per heavy atom. The molecule has 2 rings (SSSR count). The van der Waals surface area contributed by atoms with Crippen molar-refractivity contribution in [3.8, 4) is 0 Å². The van der Waals surface area contributed by atoms with E-state index >= 15 is 0 Å². The van der Waals surface area contributed by atoms with E-state index in [0.717, 1.165) is 29.4 Å². The van der Waals surface area contributed by atoms with Gasteiger partial charge in [-0.2, -0.15) is 12.7 Å². The third-order valence-corrected chi connectivity index (χ3v) is 6.57. The molecule has 0 radical (unpaired) electrons. The van der Waals surface area contributed by atoms with Gasteiger partial charge in [0, 0.05) is 30.3 Å². The van der Waals surface area contributed by atoms with E-state index in [2.05, 4.69) is 15.4 Å². The van der Waals surface area contributed by atoms with Crippen LogP contribution in [0.3, 0.4) is 0 Å². The van der Waals surface area contributed by atoms with Gasteiger partial charge in [0.15, 0.2) is 11.6 Å². The van der Waals surface area contributed by atoms with Crippen LogP contribution in [-0.4, -0.2) is 52.6 Å². The first-order valence-corrected chi connectivity index (χ1v) is 12.4. The van der Waals surface area contributed by atoms with E-state index in [1.165, 1.54) is 19.2 Å². The molecule has 2 aromatic rings. The van der Waals surface area contributed by atoms with Gasteiger partial charge >= 0.3 is 10.2 Å².